The Labute approximate surface area is 89.3 Å². The molecule has 0 radical (unpaired) electrons. The third kappa shape index (κ3) is 1.98. The van der Waals surface area contributed by atoms with Gasteiger partial charge in [-0.2, -0.15) is 0 Å². The zero-order chi connectivity index (χ0) is 10.8. The summed E-state index contributed by atoms with van der Waals surface area (Å²) < 4.78 is 26.3. The molecular formula is C10H9F2NOS. The number of H-pyrrole nitrogens is 1. The van der Waals surface area contributed by atoms with E-state index >= 15 is 0 Å². The van der Waals surface area contributed by atoms with Crippen molar-refractivity contribution < 1.29 is 13.9 Å². The van der Waals surface area contributed by atoms with Gasteiger partial charge in [0.2, 0.25) is 0 Å². The second-order valence-corrected chi connectivity index (χ2v) is 4.17. The molecule has 0 spiro atoms. The van der Waals surface area contributed by atoms with Crippen LogP contribution in [0, 0.1) is 11.6 Å². The average molecular weight is 229 g/mol. The first kappa shape index (κ1) is 10.4. The molecule has 0 saturated heterocycles. The number of thioether (sulfide) groups is 1. The topological polar surface area (TPSA) is 36.0 Å². The molecule has 5 heteroatoms. The zero-order valence-electron chi connectivity index (χ0n) is 7.76. The van der Waals surface area contributed by atoms with Crippen molar-refractivity contribution in [2.45, 2.75) is 4.90 Å². The zero-order valence-corrected chi connectivity index (χ0v) is 8.57. The van der Waals surface area contributed by atoms with Crippen LogP contribution in [-0.4, -0.2) is 22.5 Å². The smallest absolute Gasteiger partial charge is 0.136 e. The third-order valence-electron chi connectivity index (χ3n) is 2.01. The predicted molar refractivity (Wildman–Crippen MR) is 56.0 cm³/mol. The Balaban J connectivity index is 2.49. The quantitative estimate of drug-likeness (QED) is 0.793. The summed E-state index contributed by atoms with van der Waals surface area (Å²) in [5.74, 6) is -0.684. The van der Waals surface area contributed by atoms with Gasteiger partial charge in [-0.15, -0.1) is 11.8 Å². The van der Waals surface area contributed by atoms with Gasteiger partial charge < -0.3 is 10.1 Å². The maximum atomic E-state index is 13.4. The summed E-state index contributed by atoms with van der Waals surface area (Å²) in [5.41, 5.74) is 0.438. The average Bonchev–Trinajstić information content (AvgIpc) is 2.58. The lowest BCUT2D eigenvalue weighted by Gasteiger charge is -1.98. The van der Waals surface area contributed by atoms with Crippen molar-refractivity contribution in [3.8, 4) is 0 Å². The molecule has 0 bridgehead atoms. The van der Waals surface area contributed by atoms with E-state index in [4.69, 9.17) is 5.11 Å². The standard InChI is InChI=1S/C10H9F2NOS/c11-6-3-7(12)10-8(4-6)13-5-9(10)15-2-1-14/h3-5,13-14H,1-2H2. The molecule has 0 atom stereocenters. The molecule has 0 saturated carbocycles. The predicted octanol–water partition coefficient (Wildman–Crippen LogP) is 2.53. The minimum Gasteiger partial charge on any atom is -0.396 e. The molecule has 0 aliphatic carbocycles. The van der Waals surface area contributed by atoms with Gasteiger partial charge in [0.25, 0.3) is 0 Å². The number of aromatic amines is 1. The number of aliphatic hydroxyl groups excluding tert-OH is 1. The van der Waals surface area contributed by atoms with E-state index in [0.29, 0.717) is 21.6 Å². The summed E-state index contributed by atoms with van der Waals surface area (Å²) in [7, 11) is 0. The highest BCUT2D eigenvalue weighted by Gasteiger charge is 2.10. The van der Waals surface area contributed by atoms with Crippen LogP contribution in [0.15, 0.2) is 23.2 Å². The molecule has 2 rings (SSSR count). The van der Waals surface area contributed by atoms with Crippen molar-refractivity contribution in [1.82, 2.24) is 4.98 Å². The molecule has 0 amide bonds. The Bertz CT molecular complexity index is 483. The van der Waals surface area contributed by atoms with Crippen LogP contribution in [0.2, 0.25) is 0 Å². The van der Waals surface area contributed by atoms with Crippen LogP contribution >= 0.6 is 11.8 Å². The van der Waals surface area contributed by atoms with E-state index < -0.39 is 11.6 Å². The maximum Gasteiger partial charge on any atom is 0.136 e. The van der Waals surface area contributed by atoms with Crippen LogP contribution in [0.1, 0.15) is 0 Å². The minimum absolute atomic E-state index is 0.0279. The summed E-state index contributed by atoms with van der Waals surface area (Å²) in [5, 5.41) is 9.05. The first-order chi connectivity index (χ1) is 7.22. The lowest BCUT2D eigenvalue weighted by molar-refractivity contribution is 0.322. The summed E-state index contributed by atoms with van der Waals surface area (Å²) in [4.78, 5) is 3.49. The van der Waals surface area contributed by atoms with Gasteiger partial charge in [0.1, 0.15) is 11.6 Å². The number of halogens is 2. The van der Waals surface area contributed by atoms with E-state index in [2.05, 4.69) is 4.98 Å². The highest BCUT2D eigenvalue weighted by Crippen LogP contribution is 2.30. The lowest BCUT2D eigenvalue weighted by Crippen LogP contribution is -1.86. The summed E-state index contributed by atoms with van der Waals surface area (Å²) >= 11 is 1.33. The Hall–Kier alpha value is -1.07. The summed E-state index contributed by atoms with van der Waals surface area (Å²) in [6, 6.07) is 2.11. The summed E-state index contributed by atoms with van der Waals surface area (Å²) in [6.45, 7) is 0.0279. The van der Waals surface area contributed by atoms with E-state index in [-0.39, 0.29) is 6.61 Å². The van der Waals surface area contributed by atoms with Crippen LogP contribution in [0.25, 0.3) is 10.9 Å². The van der Waals surface area contributed by atoms with Gasteiger partial charge in [0.05, 0.1) is 12.1 Å². The van der Waals surface area contributed by atoms with Crippen molar-refractivity contribution in [1.29, 1.82) is 0 Å². The molecule has 1 aromatic carbocycles. The van der Waals surface area contributed by atoms with Gasteiger partial charge in [-0.1, -0.05) is 0 Å². The van der Waals surface area contributed by atoms with Crippen LogP contribution < -0.4 is 0 Å². The number of benzene rings is 1. The molecule has 0 aliphatic heterocycles. The van der Waals surface area contributed by atoms with Gasteiger partial charge in [0.15, 0.2) is 0 Å². The fourth-order valence-corrected chi connectivity index (χ4v) is 2.23. The van der Waals surface area contributed by atoms with Crippen LogP contribution in [0.3, 0.4) is 0 Å². The first-order valence-corrected chi connectivity index (χ1v) is 5.40. The van der Waals surface area contributed by atoms with Gasteiger partial charge >= 0.3 is 0 Å². The largest absolute Gasteiger partial charge is 0.396 e. The normalized spacial score (nSPS) is 11.1. The number of aliphatic hydroxyl groups is 1. The van der Waals surface area contributed by atoms with Gasteiger partial charge in [-0.25, -0.2) is 8.78 Å². The SMILES string of the molecule is OCCSc1c[nH]c2cc(F)cc(F)c12. The van der Waals surface area contributed by atoms with E-state index in [1.165, 1.54) is 17.8 Å². The number of nitrogens with one attached hydrogen (secondary N) is 1. The molecule has 15 heavy (non-hydrogen) atoms. The van der Waals surface area contributed by atoms with Crippen LogP contribution in [-0.2, 0) is 0 Å². The molecular weight excluding hydrogens is 220 g/mol. The molecule has 0 fully saturated rings. The molecule has 1 heterocycles. The first-order valence-electron chi connectivity index (χ1n) is 4.42. The summed E-state index contributed by atoms with van der Waals surface area (Å²) in [6.07, 6.45) is 1.62. The van der Waals surface area contributed by atoms with Gasteiger partial charge in [-0.05, 0) is 6.07 Å². The molecule has 1 aromatic heterocycles. The highest BCUT2D eigenvalue weighted by atomic mass is 32.2. The lowest BCUT2D eigenvalue weighted by atomic mass is 10.2. The molecule has 2 N–H and O–H groups in total. The van der Waals surface area contributed by atoms with E-state index in [9.17, 15) is 8.78 Å². The Morgan fingerprint density at radius 2 is 2.13 bits per heavy atom. The number of rotatable bonds is 3. The third-order valence-corrected chi connectivity index (χ3v) is 3.03. The van der Waals surface area contributed by atoms with Crippen LogP contribution in [0.4, 0.5) is 8.78 Å². The highest BCUT2D eigenvalue weighted by molar-refractivity contribution is 7.99. The maximum absolute atomic E-state index is 13.4. The Morgan fingerprint density at radius 3 is 2.87 bits per heavy atom. The molecule has 0 aliphatic rings. The Kier molecular flexibility index (Phi) is 2.93. The van der Waals surface area contributed by atoms with Gasteiger partial charge in [-0.3, -0.25) is 0 Å². The number of aromatic nitrogens is 1. The van der Waals surface area contributed by atoms with Crippen molar-refractivity contribution >= 4 is 22.7 Å². The van der Waals surface area contributed by atoms with Crippen molar-refractivity contribution in [2.24, 2.45) is 0 Å². The minimum atomic E-state index is -0.597. The van der Waals surface area contributed by atoms with E-state index in [0.717, 1.165) is 6.07 Å². The monoisotopic (exact) mass is 229 g/mol. The molecule has 2 nitrogen and oxygen atoms in total. The van der Waals surface area contributed by atoms with Gasteiger partial charge in [0, 0.05) is 28.3 Å². The Morgan fingerprint density at radius 1 is 1.33 bits per heavy atom. The van der Waals surface area contributed by atoms with Crippen molar-refractivity contribution in [3.63, 3.8) is 0 Å². The van der Waals surface area contributed by atoms with Crippen LogP contribution in [0.5, 0.6) is 0 Å². The fraction of sp³-hybridized carbons (Fsp3) is 0.200. The van der Waals surface area contributed by atoms with E-state index in [1.807, 2.05) is 0 Å². The number of hydrogen-bond acceptors (Lipinski definition) is 2. The molecule has 80 valence electrons. The second-order valence-electron chi connectivity index (χ2n) is 3.04. The number of hydrogen-bond donors (Lipinski definition) is 2. The fourth-order valence-electron chi connectivity index (χ4n) is 1.42. The van der Waals surface area contributed by atoms with E-state index in [1.54, 1.807) is 6.20 Å². The molecule has 0 unspecified atom stereocenters. The number of fused-ring (bicyclic) bond motifs is 1. The second kappa shape index (κ2) is 4.20. The molecule has 2 aromatic rings. The van der Waals surface area contributed by atoms with Crippen molar-refractivity contribution in [2.75, 3.05) is 12.4 Å². The van der Waals surface area contributed by atoms with Crippen molar-refractivity contribution in [3.05, 3.63) is 30.0 Å².